The molecular weight excluding hydrogens is 358 g/mol. The van der Waals surface area contributed by atoms with E-state index in [0.29, 0.717) is 10.7 Å². The molecule has 0 fully saturated rings. The Kier molecular flexibility index (Phi) is 5.24. The van der Waals surface area contributed by atoms with E-state index >= 15 is 0 Å². The van der Waals surface area contributed by atoms with Crippen molar-refractivity contribution in [1.82, 2.24) is 0 Å². The number of ether oxygens (including phenoxy) is 1. The molecule has 2 aromatic rings. The van der Waals surface area contributed by atoms with Gasteiger partial charge in [0.25, 0.3) is 0 Å². The van der Waals surface area contributed by atoms with Crippen LogP contribution >= 0.6 is 39.3 Å². The average molecular weight is 373 g/mol. The van der Waals surface area contributed by atoms with Crippen molar-refractivity contribution in [3.05, 3.63) is 45.9 Å². The molecule has 2 aromatic carbocycles. The monoisotopic (exact) mass is 371 g/mol. The summed E-state index contributed by atoms with van der Waals surface area (Å²) in [6, 6.07) is 11.5. The lowest BCUT2D eigenvalue weighted by atomic mass is 10.3. The fourth-order valence-corrected chi connectivity index (χ4v) is 3.46. The molecule has 5 heteroatoms. The molecule has 0 aliphatic heterocycles. The van der Waals surface area contributed by atoms with Crippen LogP contribution in [0.15, 0.2) is 50.7 Å². The first kappa shape index (κ1) is 15.5. The number of benzene rings is 2. The number of anilines is 1. The van der Waals surface area contributed by atoms with Crippen molar-refractivity contribution >= 4 is 45.0 Å². The molecule has 106 valence electrons. The highest BCUT2D eigenvalue weighted by molar-refractivity contribution is 9.10. The SMILES string of the molecule is CC(C)Oc1cccc(Sc2ccc(Cl)cc2Br)c1N. The van der Waals surface area contributed by atoms with Gasteiger partial charge in [0.05, 0.1) is 11.8 Å². The Hall–Kier alpha value is -0.840. The minimum Gasteiger partial charge on any atom is -0.489 e. The zero-order valence-corrected chi connectivity index (χ0v) is 14.3. The Bertz CT molecular complexity index is 619. The standard InChI is InChI=1S/C15H15BrClNOS/c1-9(2)19-12-4-3-5-14(15(12)18)20-13-7-6-10(17)8-11(13)16/h3-9H,18H2,1-2H3. The first-order valence-electron chi connectivity index (χ1n) is 6.15. The minimum atomic E-state index is 0.0971. The molecular formula is C15H15BrClNOS. The van der Waals surface area contributed by atoms with Crippen molar-refractivity contribution in [3.8, 4) is 5.75 Å². The van der Waals surface area contributed by atoms with Crippen LogP contribution in [-0.2, 0) is 0 Å². The number of rotatable bonds is 4. The van der Waals surface area contributed by atoms with Crippen LogP contribution in [-0.4, -0.2) is 6.10 Å². The lowest BCUT2D eigenvalue weighted by molar-refractivity contribution is 0.243. The molecule has 0 atom stereocenters. The van der Waals surface area contributed by atoms with Crippen LogP contribution in [0.25, 0.3) is 0 Å². The van der Waals surface area contributed by atoms with Crippen LogP contribution in [0.2, 0.25) is 5.02 Å². The second kappa shape index (κ2) is 6.74. The van der Waals surface area contributed by atoms with Gasteiger partial charge in [-0.2, -0.15) is 0 Å². The Labute approximate surface area is 136 Å². The van der Waals surface area contributed by atoms with Crippen molar-refractivity contribution in [2.75, 3.05) is 5.73 Å². The summed E-state index contributed by atoms with van der Waals surface area (Å²) in [5.74, 6) is 0.718. The van der Waals surface area contributed by atoms with Gasteiger partial charge in [-0.05, 0) is 60.1 Å². The number of hydrogen-bond acceptors (Lipinski definition) is 3. The maximum Gasteiger partial charge on any atom is 0.143 e. The van der Waals surface area contributed by atoms with E-state index in [1.54, 1.807) is 11.8 Å². The van der Waals surface area contributed by atoms with Crippen LogP contribution in [0.5, 0.6) is 5.75 Å². The molecule has 0 radical (unpaired) electrons. The van der Waals surface area contributed by atoms with Crippen molar-refractivity contribution in [3.63, 3.8) is 0 Å². The van der Waals surface area contributed by atoms with Crippen LogP contribution in [0.3, 0.4) is 0 Å². The Morgan fingerprint density at radius 2 is 1.95 bits per heavy atom. The number of hydrogen-bond donors (Lipinski definition) is 1. The predicted octanol–water partition coefficient (Wildman–Crippen LogP) is 5.62. The largest absolute Gasteiger partial charge is 0.489 e. The average Bonchev–Trinajstić information content (AvgIpc) is 2.36. The first-order chi connectivity index (χ1) is 9.47. The van der Waals surface area contributed by atoms with E-state index in [9.17, 15) is 0 Å². The van der Waals surface area contributed by atoms with Gasteiger partial charge in [-0.3, -0.25) is 0 Å². The van der Waals surface area contributed by atoms with E-state index in [-0.39, 0.29) is 6.10 Å². The molecule has 2 N–H and O–H groups in total. The summed E-state index contributed by atoms with van der Waals surface area (Å²) < 4.78 is 6.65. The lowest BCUT2D eigenvalue weighted by Crippen LogP contribution is -2.07. The van der Waals surface area contributed by atoms with Gasteiger partial charge in [0, 0.05) is 19.3 Å². The molecule has 0 amide bonds. The van der Waals surface area contributed by atoms with Gasteiger partial charge in [-0.15, -0.1) is 0 Å². The third-order valence-corrected chi connectivity index (χ3v) is 4.81. The Morgan fingerprint density at radius 3 is 2.60 bits per heavy atom. The Morgan fingerprint density at radius 1 is 1.20 bits per heavy atom. The van der Waals surface area contributed by atoms with Gasteiger partial charge >= 0.3 is 0 Å². The van der Waals surface area contributed by atoms with E-state index in [1.807, 2.05) is 50.2 Å². The third-order valence-electron chi connectivity index (χ3n) is 2.50. The van der Waals surface area contributed by atoms with E-state index < -0.39 is 0 Å². The molecule has 0 heterocycles. The number of nitrogen functional groups attached to an aromatic ring is 1. The third kappa shape index (κ3) is 3.84. The second-order valence-corrected chi connectivity index (χ2v) is 6.89. The summed E-state index contributed by atoms with van der Waals surface area (Å²) in [5, 5.41) is 0.700. The summed E-state index contributed by atoms with van der Waals surface area (Å²) in [5.41, 5.74) is 6.83. The molecule has 0 aromatic heterocycles. The van der Waals surface area contributed by atoms with Gasteiger partial charge in [0.2, 0.25) is 0 Å². The maximum atomic E-state index is 6.17. The smallest absolute Gasteiger partial charge is 0.143 e. The van der Waals surface area contributed by atoms with Crippen molar-refractivity contribution in [2.24, 2.45) is 0 Å². The fraction of sp³-hybridized carbons (Fsp3) is 0.200. The van der Waals surface area contributed by atoms with Crippen molar-refractivity contribution < 1.29 is 4.74 Å². The summed E-state index contributed by atoms with van der Waals surface area (Å²) in [7, 11) is 0. The molecule has 0 unspecified atom stereocenters. The van der Waals surface area contributed by atoms with Crippen molar-refractivity contribution in [2.45, 2.75) is 29.7 Å². The topological polar surface area (TPSA) is 35.2 Å². The quantitative estimate of drug-likeness (QED) is 0.707. The highest BCUT2D eigenvalue weighted by Gasteiger charge is 2.10. The lowest BCUT2D eigenvalue weighted by Gasteiger charge is -2.14. The van der Waals surface area contributed by atoms with Crippen LogP contribution in [0.1, 0.15) is 13.8 Å². The van der Waals surface area contributed by atoms with Crippen molar-refractivity contribution in [1.29, 1.82) is 0 Å². The molecule has 2 nitrogen and oxygen atoms in total. The molecule has 0 bridgehead atoms. The zero-order chi connectivity index (χ0) is 14.7. The second-order valence-electron chi connectivity index (χ2n) is 4.51. The van der Waals surface area contributed by atoms with Gasteiger partial charge in [-0.1, -0.05) is 29.4 Å². The van der Waals surface area contributed by atoms with E-state index in [1.165, 1.54) is 0 Å². The number of para-hydroxylation sites is 1. The maximum absolute atomic E-state index is 6.17. The van der Waals surface area contributed by atoms with Crippen LogP contribution in [0.4, 0.5) is 5.69 Å². The van der Waals surface area contributed by atoms with E-state index in [4.69, 9.17) is 22.1 Å². The summed E-state index contributed by atoms with van der Waals surface area (Å²) in [6.07, 6.45) is 0.0971. The summed E-state index contributed by atoms with van der Waals surface area (Å²) in [6.45, 7) is 3.96. The van der Waals surface area contributed by atoms with E-state index in [2.05, 4.69) is 15.9 Å². The molecule has 0 saturated heterocycles. The predicted molar refractivity (Wildman–Crippen MR) is 89.9 cm³/mol. The summed E-state index contributed by atoms with van der Waals surface area (Å²) >= 11 is 11.0. The molecule has 0 aliphatic rings. The fourth-order valence-electron chi connectivity index (χ4n) is 1.65. The van der Waals surface area contributed by atoms with E-state index in [0.717, 1.165) is 20.0 Å². The Balaban J connectivity index is 2.29. The molecule has 0 spiro atoms. The number of halogens is 2. The van der Waals surface area contributed by atoms with Gasteiger partial charge in [0.15, 0.2) is 0 Å². The van der Waals surface area contributed by atoms with Crippen LogP contribution < -0.4 is 10.5 Å². The molecule has 20 heavy (non-hydrogen) atoms. The highest BCUT2D eigenvalue weighted by Crippen LogP contribution is 2.40. The first-order valence-corrected chi connectivity index (χ1v) is 8.14. The van der Waals surface area contributed by atoms with Gasteiger partial charge in [0.1, 0.15) is 5.75 Å². The molecule has 0 saturated carbocycles. The normalized spacial score (nSPS) is 10.8. The van der Waals surface area contributed by atoms with Gasteiger partial charge in [-0.25, -0.2) is 0 Å². The molecule has 2 rings (SSSR count). The minimum absolute atomic E-state index is 0.0971. The summed E-state index contributed by atoms with van der Waals surface area (Å²) in [4.78, 5) is 2.02. The van der Waals surface area contributed by atoms with Crippen LogP contribution in [0, 0.1) is 0 Å². The molecule has 0 aliphatic carbocycles. The zero-order valence-electron chi connectivity index (χ0n) is 11.2. The highest BCUT2D eigenvalue weighted by atomic mass is 79.9. The van der Waals surface area contributed by atoms with Gasteiger partial charge < -0.3 is 10.5 Å². The number of nitrogens with two attached hydrogens (primary N) is 1.